The van der Waals surface area contributed by atoms with E-state index in [-0.39, 0.29) is 5.13 Å². The Bertz CT molecular complexity index is 326. The molecule has 8 heteroatoms. The Balaban J connectivity index is 3.14. The summed E-state index contributed by atoms with van der Waals surface area (Å²) in [6, 6.07) is 0. The summed E-state index contributed by atoms with van der Waals surface area (Å²) >= 11 is 0.563. The third kappa shape index (κ3) is 1.68. The molecule has 0 spiro atoms. The van der Waals surface area contributed by atoms with Gasteiger partial charge in [0.25, 0.3) is 0 Å². The summed E-state index contributed by atoms with van der Waals surface area (Å²) in [5, 5.41) is 9.26. The van der Waals surface area contributed by atoms with Gasteiger partial charge in [-0.1, -0.05) is 11.3 Å². The van der Waals surface area contributed by atoms with Gasteiger partial charge in [-0.05, 0) is 0 Å². The fourth-order valence-electron chi connectivity index (χ4n) is 0.835. The molecule has 1 aromatic rings. The van der Waals surface area contributed by atoms with Gasteiger partial charge < -0.3 is 16.6 Å². The normalized spacial score (nSPS) is 16.6. The van der Waals surface area contributed by atoms with Crippen molar-refractivity contribution in [3.05, 3.63) is 11.1 Å². The molecule has 0 saturated carbocycles. The monoisotopic (exact) mass is 227 g/mol. The predicted molar refractivity (Wildman–Crippen MR) is 45.5 cm³/mol. The largest absolute Gasteiger partial charge is 0.423 e. The second kappa shape index (κ2) is 3.37. The van der Waals surface area contributed by atoms with Crippen LogP contribution in [0.4, 0.5) is 18.3 Å². The van der Waals surface area contributed by atoms with Crippen molar-refractivity contribution in [2.24, 2.45) is 5.73 Å². The van der Waals surface area contributed by atoms with Gasteiger partial charge in [0.1, 0.15) is 0 Å². The number of hydrogen-bond donors (Lipinski definition) is 3. The first-order valence-corrected chi connectivity index (χ1v) is 4.34. The van der Waals surface area contributed by atoms with Crippen molar-refractivity contribution in [1.29, 1.82) is 0 Å². The minimum Gasteiger partial charge on any atom is -0.375 e. The lowest BCUT2D eigenvalue weighted by Crippen LogP contribution is -2.47. The van der Waals surface area contributed by atoms with Crippen LogP contribution in [0.2, 0.25) is 0 Å². The number of aliphatic hydroxyl groups is 1. The SMILES string of the molecule is NC[C@](O)(c1cnc(N)s1)C(F)(F)F. The lowest BCUT2D eigenvalue weighted by Gasteiger charge is -2.27. The van der Waals surface area contributed by atoms with E-state index in [2.05, 4.69) is 4.98 Å². The molecule has 1 atom stereocenters. The molecule has 0 fully saturated rings. The van der Waals surface area contributed by atoms with Crippen LogP contribution >= 0.6 is 11.3 Å². The zero-order chi connectivity index (χ0) is 11.0. The molecule has 1 rings (SSSR count). The van der Waals surface area contributed by atoms with Crippen LogP contribution in [-0.2, 0) is 5.60 Å². The molecule has 0 amide bonds. The van der Waals surface area contributed by atoms with Crippen molar-refractivity contribution in [2.45, 2.75) is 11.8 Å². The molecule has 0 aromatic carbocycles. The lowest BCUT2D eigenvalue weighted by atomic mass is 10.0. The molecule has 4 nitrogen and oxygen atoms in total. The van der Waals surface area contributed by atoms with Crippen molar-refractivity contribution in [3.63, 3.8) is 0 Å². The van der Waals surface area contributed by atoms with Crippen molar-refractivity contribution in [1.82, 2.24) is 4.98 Å². The average Bonchev–Trinajstić information content (AvgIpc) is 2.48. The van der Waals surface area contributed by atoms with Gasteiger partial charge in [0.15, 0.2) is 5.13 Å². The summed E-state index contributed by atoms with van der Waals surface area (Å²) in [6.45, 7) is -0.960. The Labute approximate surface area is 81.4 Å². The number of rotatable bonds is 2. The number of halogens is 3. The zero-order valence-corrected chi connectivity index (χ0v) is 7.69. The number of aromatic nitrogens is 1. The van der Waals surface area contributed by atoms with Crippen molar-refractivity contribution in [3.8, 4) is 0 Å². The van der Waals surface area contributed by atoms with Crippen LogP contribution in [0.15, 0.2) is 6.20 Å². The maximum absolute atomic E-state index is 12.4. The molecule has 14 heavy (non-hydrogen) atoms. The first-order chi connectivity index (χ1) is 6.31. The third-order valence-electron chi connectivity index (χ3n) is 1.70. The van der Waals surface area contributed by atoms with Gasteiger partial charge in [0.2, 0.25) is 5.60 Å². The van der Waals surface area contributed by atoms with E-state index in [0.717, 1.165) is 6.20 Å². The molecule has 0 unspecified atom stereocenters. The Kier molecular flexibility index (Phi) is 2.70. The number of anilines is 1. The molecule has 0 aliphatic heterocycles. The molecule has 0 radical (unpaired) electrons. The maximum atomic E-state index is 12.4. The smallest absolute Gasteiger partial charge is 0.375 e. The van der Waals surface area contributed by atoms with E-state index < -0.39 is 23.2 Å². The van der Waals surface area contributed by atoms with E-state index in [0.29, 0.717) is 11.3 Å². The van der Waals surface area contributed by atoms with Gasteiger partial charge in [-0.25, -0.2) is 4.98 Å². The van der Waals surface area contributed by atoms with Crippen LogP contribution in [0.1, 0.15) is 4.88 Å². The Morgan fingerprint density at radius 1 is 1.50 bits per heavy atom. The quantitative estimate of drug-likeness (QED) is 0.684. The Morgan fingerprint density at radius 2 is 2.07 bits per heavy atom. The first kappa shape index (κ1) is 11.2. The molecule has 1 heterocycles. The Morgan fingerprint density at radius 3 is 2.36 bits per heavy atom. The molecule has 80 valence electrons. The van der Waals surface area contributed by atoms with Crippen LogP contribution in [-0.4, -0.2) is 22.8 Å². The standard InChI is InChI=1S/C6H8F3N3OS/c7-6(8,9)5(13,2-10)3-1-12-4(11)14-3/h1,13H,2,10H2,(H2,11,12)/t5-/m0/s1. The van der Waals surface area contributed by atoms with Gasteiger partial charge in [0.05, 0.1) is 4.88 Å². The van der Waals surface area contributed by atoms with Gasteiger partial charge >= 0.3 is 6.18 Å². The van der Waals surface area contributed by atoms with Crippen LogP contribution in [0.5, 0.6) is 0 Å². The van der Waals surface area contributed by atoms with Gasteiger partial charge in [-0.2, -0.15) is 13.2 Å². The molecule has 0 aliphatic rings. The first-order valence-electron chi connectivity index (χ1n) is 3.52. The summed E-state index contributed by atoms with van der Waals surface area (Å²) < 4.78 is 37.2. The van der Waals surface area contributed by atoms with Gasteiger partial charge in [-0.3, -0.25) is 0 Å². The van der Waals surface area contributed by atoms with E-state index >= 15 is 0 Å². The minimum atomic E-state index is -4.83. The zero-order valence-electron chi connectivity index (χ0n) is 6.88. The topological polar surface area (TPSA) is 85.2 Å². The van der Waals surface area contributed by atoms with E-state index in [1.807, 2.05) is 0 Å². The summed E-state index contributed by atoms with van der Waals surface area (Å²) in [7, 11) is 0. The maximum Gasteiger partial charge on any atom is 0.423 e. The molecule has 0 bridgehead atoms. The second-order valence-corrected chi connectivity index (χ2v) is 3.69. The summed E-state index contributed by atoms with van der Waals surface area (Å²) in [5.74, 6) is 0. The van der Waals surface area contributed by atoms with E-state index in [1.165, 1.54) is 0 Å². The van der Waals surface area contributed by atoms with Crippen molar-refractivity contribution < 1.29 is 18.3 Å². The molecule has 5 N–H and O–H groups in total. The van der Waals surface area contributed by atoms with Crippen LogP contribution in [0.3, 0.4) is 0 Å². The second-order valence-electron chi connectivity index (χ2n) is 2.62. The number of alkyl halides is 3. The minimum absolute atomic E-state index is 0.0453. The van der Waals surface area contributed by atoms with Gasteiger partial charge in [-0.15, -0.1) is 0 Å². The number of hydrogen-bond acceptors (Lipinski definition) is 5. The fraction of sp³-hybridized carbons (Fsp3) is 0.500. The van der Waals surface area contributed by atoms with E-state index in [4.69, 9.17) is 11.5 Å². The average molecular weight is 227 g/mol. The summed E-state index contributed by atoms with van der Waals surface area (Å²) in [5.41, 5.74) is 7.01. The van der Waals surface area contributed by atoms with Crippen LogP contribution in [0, 0.1) is 0 Å². The highest BCUT2D eigenvalue weighted by Gasteiger charge is 2.55. The molecular weight excluding hydrogens is 219 g/mol. The fourth-order valence-corrected chi connectivity index (χ4v) is 1.64. The Hall–Kier alpha value is -0.860. The molecule has 1 aromatic heterocycles. The number of nitrogens with zero attached hydrogens (tertiary/aromatic N) is 1. The highest BCUT2D eigenvalue weighted by molar-refractivity contribution is 7.15. The molecule has 0 saturated heterocycles. The van der Waals surface area contributed by atoms with E-state index in [1.54, 1.807) is 0 Å². The highest BCUT2D eigenvalue weighted by Crippen LogP contribution is 2.40. The third-order valence-corrected chi connectivity index (χ3v) is 2.67. The van der Waals surface area contributed by atoms with Crippen LogP contribution in [0.25, 0.3) is 0 Å². The molecular formula is C6H8F3N3OS. The van der Waals surface area contributed by atoms with Crippen LogP contribution < -0.4 is 11.5 Å². The predicted octanol–water partition coefficient (Wildman–Crippen LogP) is 0.434. The summed E-state index contributed by atoms with van der Waals surface area (Å²) in [4.78, 5) is 3.03. The summed E-state index contributed by atoms with van der Waals surface area (Å²) in [6.07, 6.45) is -3.96. The van der Waals surface area contributed by atoms with Gasteiger partial charge in [0, 0.05) is 12.7 Å². The highest BCUT2D eigenvalue weighted by atomic mass is 32.1. The van der Waals surface area contributed by atoms with Crippen molar-refractivity contribution >= 4 is 16.5 Å². The number of thiazole rings is 1. The van der Waals surface area contributed by atoms with E-state index in [9.17, 15) is 18.3 Å². The molecule has 0 aliphatic carbocycles. The number of nitrogens with two attached hydrogens (primary N) is 2. The number of nitrogen functional groups attached to an aromatic ring is 1. The lowest BCUT2D eigenvalue weighted by molar-refractivity contribution is -0.260. The van der Waals surface area contributed by atoms with Crippen molar-refractivity contribution in [2.75, 3.05) is 12.3 Å².